The number of hydrogen-bond acceptors (Lipinski definition) is 4. The fourth-order valence-electron chi connectivity index (χ4n) is 1.89. The molecule has 0 aromatic carbocycles. The van der Waals surface area contributed by atoms with Crippen LogP contribution in [0.25, 0.3) is 0 Å². The monoisotopic (exact) mass is 226 g/mol. The van der Waals surface area contributed by atoms with E-state index >= 15 is 0 Å². The lowest BCUT2D eigenvalue weighted by molar-refractivity contribution is -0.133. The summed E-state index contributed by atoms with van der Waals surface area (Å²) in [6, 6.07) is 0.164. The van der Waals surface area contributed by atoms with Gasteiger partial charge in [-0.15, -0.1) is 0 Å². The summed E-state index contributed by atoms with van der Waals surface area (Å²) in [4.78, 5) is 24.3. The minimum atomic E-state index is -0.214. The van der Waals surface area contributed by atoms with Gasteiger partial charge in [-0.2, -0.15) is 0 Å². The number of carbonyl (C=O) groups is 2. The topological polar surface area (TPSA) is 58.6 Å². The second-order valence-electron chi connectivity index (χ2n) is 4.36. The van der Waals surface area contributed by atoms with Gasteiger partial charge in [-0.1, -0.05) is 0 Å². The molecule has 5 heteroatoms. The van der Waals surface area contributed by atoms with Gasteiger partial charge in [0.2, 0.25) is 5.91 Å². The Kier molecular flexibility index (Phi) is 3.90. The van der Waals surface area contributed by atoms with Gasteiger partial charge in [0.05, 0.1) is 13.2 Å². The minimum absolute atomic E-state index is 0.0492. The van der Waals surface area contributed by atoms with E-state index in [9.17, 15) is 9.59 Å². The van der Waals surface area contributed by atoms with Gasteiger partial charge in [-0.3, -0.25) is 9.69 Å². The maximum atomic E-state index is 11.9. The van der Waals surface area contributed by atoms with E-state index in [0.717, 1.165) is 25.7 Å². The third-order valence-electron chi connectivity index (χ3n) is 3.00. The molecule has 0 radical (unpaired) electrons. The molecule has 90 valence electrons. The molecule has 1 heterocycles. The van der Waals surface area contributed by atoms with E-state index in [4.69, 9.17) is 4.74 Å². The van der Waals surface area contributed by atoms with E-state index in [0.29, 0.717) is 32.2 Å². The van der Waals surface area contributed by atoms with Crippen LogP contribution in [0.15, 0.2) is 0 Å². The fourth-order valence-corrected chi connectivity index (χ4v) is 1.89. The van der Waals surface area contributed by atoms with Gasteiger partial charge in [-0.25, -0.2) is 0 Å². The standard InChI is InChI=1S/C11H18N2O3/c14-6-1-4-13-5-7-16-8-10(13)11(15)12-9-2-3-9/h6,9-10H,1-5,7-8H2,(H,12,15). The lowest BCUT2D eigenvalue weighted by Crippen LogP contribution is -2.54. The quantitative estimate of drug-likeness (QED) is 0.645. The summed E-state index contributed by atoms with van der Waals surface area (Å²) in [6.45, 7) is 2.47. The summed E-state index contributed by atoms with van der Waals surface area (Å²) in [7, 11) is 0. The van der Waals surface area contributed by atoms with Gasteiger partial charge in [-0.05, 0) is 12.8 Å². The largest absolute Gasteiger partial charge is 0.378 e. The van der Waals surface area contributed by atoms with Crippen molar-refractivity contribution >= 4 is 12.2 Å². The zero-order valence-corrected chi connectivity index (χ0v) is 9.35. The summed E-state index contributed by atoms with van der Waals surface area (Å²) >= 11 is 0. The van der Waals surface area contributed by atoms with Crippen LogP contribution in [0.3, 0.4) is 0 Å². The van der Waals surface area contributed by atoms with Gasteiger partial charge in [0, 0.05) is 25.6 Å². The molecular formula is C11H18N2O3. The minimum Gasteiger partial charge on any atom is -0.378 e. The highest BCUT2D eigenvalue weighted by atomic mass is 16.5. The third-order valence-corrected chi connectivity index (χ3v) is 3.00. The molecule has 2 rings (SSSR count). The summed E-state index contributed by atoms with van der Waals surface area (Å²) in [5.74, 6) is 0.0492. The predicted molar refractivity (Wildman–Crippen MR) is 58.0 cm³/mol. The summed E-state index contributed by atoms with van der Waals surface area (Å²) in [5.41, 5.74) is 0. The number of amides is 1. The summed E-state index contributed by atoms with van der Waals surface area (Å²) < 4.78 is 5.32. The van der Waals surface area contributed by atoms with Crippen molar-refractivity contribution in [3.63, 3.8) is 0 Å². The molecule has 0 bridgehead atoms. The first-order valence-electron chi connectivity index (χ1n) is 5.87. The van der Waals surface area contributed by atoms with Crippen molar-refractivity contribution in [1.29, 1.82) is 0 Å². The molecule has 0 aromatic rings. The van der Waals surface area contributed by atoms with E-state index in [1.54, 1.807) is 0 Å². The molecule has 1 saturated heterocycles. The van der Waals surface area contributed by atoms with Gasteiger partial charge in [0.15, 0.2) is 0 Å². The van der Waals surface area contributed by atoms with E-state index < -0.39 is 0 Å². The zero-order valence-electron chi connectivity index (χ0n) is 9.35. The van der Waals surface area contributed by atoms with Crippen LogP contribution < -0.4 is 5.32 Å². The zero-order chi connectivity index (χ0) is 11.4. The Balaban J connectivity index is 1.86. The Bertz CT molecular complexity index is 266. The number of ether oxygens (including phenoxy) is 1. The normalized spacial score (nSPS) is 26.4. The molecule has 2 fully saturated rings. The van der Waals surface area contributed by atoms with E-state index in [1.807, 2.05) is 4.90 Å². The molecule has 1 amide bonds. The Labute approximate surface area is 95.1 Å². The molecule has 2 aliphatic rings. The number of carbonyl (C=O) groups excluding carboxylic acids is 2. The maximum absolute atomic E-state index is 11.9. The van der Waals surface area contributed by atoms with Crippen LogP contribution in [-0.4, -0.2) is 55.5 Å². The molecule has 1 aliphatic carbocycles. The van der Waals surface area contributed by atoms with Crippen LogP contribution in [-0.2, 0) is 14.3 Å². The number of rotatable bonds is 5. The van der Waals surface area contributed by atoms with Crippen molar-refractivity contribution in [3.8, 4) is 0 Å². The van der Waals surface area contributed by atoms with Crippen LogP contribution in [0.2, 0.25) is 0 Å². The Morgan fingerprint density at radius 2 is 2.31 bits per heavy atom. The molecule has 1 aliphatic heterocycles. The van der Waals surface area contributed by atoms with Crippen LogP contribution in [0.4, 0.5) is 0 Å². The molecule has 5 nitrogen and oxygen atoms in total. The van der Waals surface area contributed by atoms with Gasteiger partial charge in [0.1, 0.15) is 12.3 Å². The SMILES string of the molecule is O=CCCN1CCOCC1C(=O)NC1CC1. The van der Waals surface area contributed by atoms with Crippen LogP contribution in [0.5, 0.6) is 0 Å². The number of nitrogens with zero attached hydrogens (tertiary/aromatic N) is 1. The average Bonchev–Trinajstić information content (AvgIpc) is 3.10. The van der Waals surface area contributed by atoms with Crippen molar-refractivity contribution < 1.29 is 14.3 Å². The second-order valence-corrected chi connectivity index (χ2v) is 4.36. The lowest BCUT2D eigenvalue weighted by Gasteiger charge is -2.34. The molecule has 0 aromatic heterocycles. The van der Waals surface area contributed by atoms with Gasteiger partial charge < -0.3 is 14.8 Å². The highest BCUT2D eigenvalue weighted by Gasteiger charge is 2.32. The van der Waals surface area contributed by atoms with Crippen molar-refractivity contribution in [2.45, 2.75) is 31.3 Å². The first-order valence-corrected chi connectivity index (χ1v) is 5.87. The van der Waals surface area contributed by atoms with Crippen LogP contribution >= 0.6 is 0 Å². The molecule has 0 spiro atoms. The van der Waals surface area contributed by atoms with Crippen molar-refractivity contribution in [2.75, 3.05) is 26.3 Å². The first-order chi connectivity index (χ1) is 7.81. The van der Waals surface area contributed by atoms with Crippen molar-refractivity contribution in [2.24, 2.45) is 0 Å². The Morgan fingerprint density at radius 3 is 3.00 bits per heavy atom. The molecule has 1 unspecified atom stereocenters. The van der Waals surface area contributed by atoms with E-state index in [-0.39, 0.29) is 11.9 Å². The Morgan fingerprint density at radius 1 is 1.50 bits per heavy atom. The lowest BCUT2D eigenvalue weighted by atomic mass is 10.2. The van der Waals surface area contributed by atoms with Crippen LogP contribution in [0.1, 0.15) is 19.3 Å². The first kappa shape index (κ1) is 11.5. The van der Waals surface area contributed by atoms with Crippen LogP contribution in [0, 0.1) is 0 Å². The van der Waals surface area contributed by atoms with Crippen molar-refractivity contribution in [1.82, 2.24) is 10.2 Å². The number of hydrogen-bond donors (Lipinski definition) is 1. The van der Waals surface area contributed by atoms with E-state index in [1.165, 1.54) is 0 Å². The summed E-state index contributed by atoms with van der Waals surface area (Å²) in [6.07, 6.45) is 3.56. The fraction of sp³-hybridized carbons (Fsp3) is 0.818. The predicted octanol–water partition coefficient (Wildman–Crippen LogP) is -0.445. The highest BCUT2D eigenvalue weighted by molar-refractivity contribution is 5.82. The number of morpholine rings is 1. The Hall–Kier alpha value is -0.940. The smallest absolute Gasteiger partial charge is 0.239 e. The van der Waals surface area contributed by atoms with Gasteiger partial charge in [0.25, 0.3) is 0 Å². The molecule has 1 saturated carbocycles. The number of aldehydes is 1. The van der Waals surface area contributed by atoms with Gasteiger partial charge >= 0.3 is 0 Å². The maximum Gasteiger partial charge on any atom is 0.239 e. The highest BCUT2D eigenvalue weighted by Crippen LogP contribution is 2.19. The molecule has 1 N–H and O–H groups in total. The second kappa shape index (κ2) is 5.41. The number of nitrogens with one attached hydrogen (secondary N) is 1. The third kappa shape index (κ3) is 3.02. The van der Waals surface area contributed by atoms with E-state index in [2.05, 4.69) is 5.32 Å². The van der Waals surface area contributed by atoms with Crippen molar-refractivity contribution in [3.05, 3.63) is 0 Å². The molecule has 16 heavy (non-hydrogen) atoms. The molecule has 1 atom stereocenters. The molecular weight excluding hydrogens is 208 g/mol. The summed E-state index contributed by atoms with van der Waals surface area (Å²) in [5, 5.41) is 2.98. The average molecular weight is 226 g/mol.